The monoisotopic (exact) mass is 377 g/mol. The predicted octanol–water partition coefficient (Wildman–Crippen LogP) is 3.85. The van der Waals surface area contributed by atoms with Gasteiger partial charge in [-0.1, -0.05) is 6.42 Å². The van der Waals surface area contributed by atoms with Gasteiger partial charge in [-0.15, -0.1) is 0 Å². The molecule has 1 aromatic heterocycles. The van der Waals surface area contributed by atoms with Gasteiger partial charge in [-0.2, -0.15) is 5.10 Å². The highest BCUT2D eigenvalue weighted by molar-refractivity contribution is 5.76. The number of unbranched alkanes of at least 4 members (excludes halogenated alkanes) is 2. The lowest BCUT2D eigenvalue weighted by Gasteiger charge is -2.24. The molecule has 0 spiro atoms. The first kappa shape index (κ1) is 19.5. The van der Waals surface area contributed by atoms with Crippen molar-refractivity contribution in [2.75, 3.05) is 13.7 Å². The maximum Gasteiger partial charge on any atom is 0.220 e. The number of aromatic nitrogens is 2. The molecule has 7 heteroatoms. The molecule has 1 aliphatic carbocycles. The van der Waals surface area contributed by atoms with E-state index in [1.54, 1.807) is 18.0 Å². The number of methoxy groups -OCH3 is 1. The Labute approximate surface area is 157 Å². The van der Waals surface area contributed by atoms with E-state index < -0.39 is 11.6 Å². The topological polar surface area (TPSA) is 56.1 Å². The lowest BCUT2D eigenvalue weighted by molar-refractivity contribution is -0.122. The van der Waals surface area contributed by atoms with Gasteiger partial charge >= 0.3 is 0 Å². The Morgan fingerprint density at radius 1 is 1.26 bits per heavy atom. The maximum atomic E-state index is 13.6. The highest BCUT2D eigenvalue weighted by atomic mass is 19.1. The van der Waals surface area contributed by atoms with Crippen LogP contribution < -0.4 is 5.32 Å². The second-order valence-electron chi connectivity index (χ2n) is 6.90. The fourth-order valence-electron chi connectivity index (χ4n) is 3.57. The number of amides is 1. The fraction of sp³-hybridized carbons (Fsp3) is 0.500. The van der Waals surface area contributed by atoms with Gasteiger partial charge < -0.3 is 10.1 Å². The van der Waals surface area contributed by atoms with Crippen molar-refractivity contribution < 1.29 is 18.3 Å². The molecule has 146 valence electrons. The van der Waals surface area contributed by atoms with E-state index in [1.165, 1.54) is 12.1 Å². The van der Waals surface area contributed by atoms with E-state index in [-0.39, 0.29) is 11.9 Å². The second kappa shape index (κ2) is 9.08. The van der Waals surface area contributed by atoms with Gasteiger partial charge in [0.15, 0.2) is 0 Å². The summed E-state index contributed by atoms with van der Waals surface area (Å²) >= 11 is 0. The Kier molecular flexibility index (Phi) is 6.55. The van der Waals surface area contributed by atoms with Crippen LogP contribution in [0.4, 0.5) is 8.78 Å². The smallest absolute Gasteiger partial charge is 0.220 e. The lowest BCUT2D eigenvalue weighted by atomic mass is 9.92. The number of fused-ring (bicyclic) bond motifs is 1. The standard InChI is InChI=1S/C20H25F2N3O2/c1-27-9-4-2-3-8-20(26)24-18-6-5-7-19-17(18)13-23-25(19)16-11-14(21)10-15(22)12-16/h10-13,18H,2-9H2,1H3,(H,24,26). The molecule has 1 heterocycles. The normalized spacial score (nSPS) is 16.2. The molecule has 0 aliphatic heterocycles. The molecule has 0 radical (unpaired) electrons. The minimum Gasteiger partial charge on any atom is -0.385 e. The van der Waals surface area contributed by atoms with Gasteiger partial charge in [-0.25, -0.2) is 13.5 Å². The summed E-state index contributed by atoms with van der Waals surface area (Å²) in [4.78, 5) is 12.3. The summed E-state index contributed by atoms with van der Waals surface area (Å²) in [7, 11) is 1.67. The number of nitrogens with zero attached hydrogens (tertiary/aromatic N) is 2. The van der Waals surface area contributed by atoms with Crippen molar-refractivity contribution in [3.63, 3.8) is 0 Å². The number of benzene rings is 1. The van der Waals surface area contributed by atoms with Gasteiger partial charge in [-0.3, -0.25) is 4.79 Å². The molecule has 0 saturated heterocycles. The van der Waals surface area contributed by atoms with Crippen molar-refractivity contribution in [1.82, 2.24) is 15.1 Å². The first-order valence-corrected chi connectivity index (χ1v) is 9.40. The van der Waals surface area contributed by atoms with Crippen molar-refractivity contribution in [3.05, 3.63) is 47.3 Å². The molecule has 0 fully saturated rings. The number of rotatable bonds is 8. The number of hydrogen-bond acceptors (Lipinski definition) is 3. The van der Waals surface area contributed by atoms with Crippen molar-refractivity contribution >= 4 is 5.91 Å². The summed E-state index contributed by atoms with van der Waals surface area (Å²) in [5, 5.41) is 7.40. The van der Waals surface area contributed by atoms with Crippen molar-refractivity contribution in [2.24, 2.45) is 0 Å². The van der Waals surface area contributed by atoms with Gasteiger partial charge in [0.25, 0.3) is 0 Å². The molecule has 2 aromatic rings. The molecule has 1 unspecified atom stereocenters. The number of halogens is 2. The van der Waals surface area contributed by atoms with Gasteiger partial charge in [0.1, 0.15) is 11.6 Å². The Bertz CT molecular complexity index is 771. The Balaban J connectivity index is 1.67. The van der Waals surface area contributed by atoms with Crippen LogP contribution in [-0.2, 0) is 16.0 Å². The predicted molar refractivity (Wildman–Crippen MR) is 97.6 cm³/mol. The molecule has 27 heavy (non-hydrogen) atoms. The van der Waals surface area contributed by atoms with Crippen LogP contribution >= 0.6 is 0 Å². The minimum atomic E-state index is -0.636. The van der Waals surface area contributed by atoms with Gasteiger partial charge in [0.05, 0.1) is 17.9 Å². The highest BCUT2D eigenvalue weighted by Gasteiger charge is 2.26. The molecule has 1 aromatic carbocycles. The average molecular weight is 377 g/mol. The lowest BCUT2D eigenvalue weighted by Crippen LogP contribution is -2.30. The Morgan fingerprint density at radius 3 is 2.78 bits per heavy atom. The van der Waals surface area contributed by atoms with E-state index in [1.807, 2.05) is 0 Å². The molecule has 3 rings (SSSR count). The van der Waals surface area contributed by atoms with Crippen LogP contribution in [0.1, 0.15) is 55.8 Å². The largest absolute Gasteiger partial charge is 0.385 e. The zero-order chi connectivity index (χ0) is 19.2. The average Bonchev–Trinajstić information content (AvgIpc) is 3.06. The molecule has 1 aliphatic rings. The number of carbonyl (C=O) groups is 1. The summed E-state index contributed by atoms with van der Waals surface area (Å²) in [5.74, 6) is -1.25. The number of carbonyl (C=O) groups excluding carboxylic acids is 1. The third-order valence-electron chi connectivity index (χ3n) is 4.86. The zero-order valence-corrected chi connectivity index (χ0v) is 15.5. The summed E-state index contributed by atoms with van der Waals surface area (Å²) in [6, 6.07) is 3.26. The van der Waals surface area contributed by atoms with Gasteiger partial charge in [0.2, 0.25) is 5.91 Å². The summed E-state index contributed by atoms with van der Waals surface area (Å²) in [6.07, 6.45) is 7.41. The first-order valence-electron chi connectivity index (χ1n) is 9.40. The number of hydrogen-bond donors (Lipinski definition) is 1. The van der Waals surface area contributed by atoms with E-state index in [2.05, 4.69) is 10.4 Å². The van der Waals surface area contributed by atoms with Crippen LogP contribution in [0.15, 0.2) is 24.4 Å². The highest BCUT2D eigenvalue weighted by Crippen LogP contribution is 2.31. The Hall–Kier alpha value is -2.28. The Morgan fingerprint density at radius 2 is 2.04 bits per heavy atom. The van der Waals surface area contributed by atoms with Crippen LogP contribution in [0.25, 0.3) is 5.69 Å². The molecular formula is C20H25F2N3O2. The van der Waals surface area contributed by atoms with E-state index in [0.717, 1.165) is 55.8 Å². The van der Waals surface area contributed by atoms with Gasteiger partial charge in [-0.05, 0) is 44.2 Å². The zero-order valence-electron chi connectivity index (χ0n) is 15.5. The van der Waals surface area contributed by atoms with Crippen LogP contribution in [0.2, 0.25) is 0 Å². The molecule has 0 saturated carbocycles. The molecular weight excluding hydrogens is 352 g/mol. The summed E-state index contributed by atoms with van der Waals surface area (Å²) < 4.78 is 33.7. The van der Waals surface area contributed by atoms with E-state index in [9.17, 15) is 13.6 Å². The van der Waals surface area contributed by atoms with Crippen LogP contribution in [0.3, 0.4) is 0 Å². The fourth-order valence-corrected chi connectivity index (χ4v) is 3.57. The van der Waals surface area contributed by atoms with Crippen molar-refractivity contribution in [2.45, 2.75) is 51.0 Å². The summed E-state index contributed by atoms with van der Waals surface area (Å²) in [5.41, 5.74) is 2.19. The second-order valence-corrected chi connectivity index (χ2v) is 6.90. The SMILES string of the molecule is COCCCCCC(=O)NC1CCCc2c1cnn2-c1cc(F)cc(F)c1. The molecule has 1 N–H and O–H groups in total. The summed E-state index contributed by atoms with van der Waals surface area (Å²) in [6.45, 7) is 0.716. The van der Waals surface area contributed by atoms with E-state index in [0.29, 0.717) is 18.7 Å². The molecule has 0 bridgehead atoms. The quantitative estimate of drug-likeness (QED) is 0.711. The van der Waals surface area contributed by atoms with E-state index in [4.69, 9.17) is 4.74 Å². The minimum absolute atomic E-state index is 0.0230. The van der Waals surface area contributed by atoms with E-state index >= 15 is 0 Å². The first-order chi connectivity index (χ1) is 13.1. The van der Waals surface area contributed by atoms with Crippen LogP contribution in [0.5, 0.6) is 0 Å². The molecule has 1 amide bonds. The van der Waals surface area contributed by atoms with Crippen molar-refractivity contribution in [1.29, 1.82) is 0 Å². The van der Waals surface area contributed by atoms with Crippen LogP contribution in [0, 0.1) is 11.6 Å². The number of ether oxygens (including phenoxy) is 1. The third-order valence-corrected chi connectivity index (χ3v) is 4.86. The molecule has 1 atom stereocenters. The van der Waals surface area contributed by atoms with Crippen molar-refractivity contribution in [3.8, 4) is 5.69 Å². The molecule has 5 nitrogen and oxygen atoms in total. The van der Waals surface area contributed by atoms with Crippen LogP contribution in [-0.4, -0.2) is 29.4 Å². The maximum absolute atomic E-state index is 13.6. The third kappa shape index (κ3) is 4.91. The van der Waals surface area contributed by atoms with Gasteiger partial charge in [0, 0.05) is 37.5 Å². The number of nitrogens with one attached hydrogen (secondary N) is 1.